The van der Waals surface area contributed by atoms with Crippen LogP contribution < -0.4 is 0 Å². The van der Waals surface area contributed by atoms with Gasteiger partial charge in [0.2, 0.25) is 0 Å². The zero-order valence-corrected chi connectivity index (χ0v) is 15.6. The molecule has 0 spiro atoms. The van der Waals surface area contributed by atoms with Gasteiger partial charge in [-0.15, -0.1) is 0 Å². The highest BCUT2D eigenvalue weighted by atomic mass is 19.1. The van der Waals surface area contributed by atoms with Crippen LogP contribution >= 0.6 is 0 Å². The largest absolute Gasteiger partial charge is 0.456 e. The van der Waals surface area contributed by atoms with E-state index in [0.29, 0.717) is 16.7 Å². The van der Waals surface area contributed by atoms with Gasteiger partial charge in [-0.3, -0.25) is 0 Å². The van der Waals surface area contributed by atoms with Crippen molar-refractivity contribution in [3.63, 3.8) is 0 Å². The van der Waals surface area contributed by atoms with Crippen molar-refractivity contribution in [2.45, 2.75) is 0 Å². The number of imidazole rings is 1. The van der Waals surface area contributed by atoms with E-state index in [1.165, 1.54) is 18.2 Å². The Balaban J connectivity index is 1.52. The molecule has 0 fully saturated rings. The monoisotopic (exact) mass is 396 g/mol. The van der Waals surface area contributed by atoms with Crippen LogP contribution in [0.2, 0.25) is 0 Å². The molecule has 0 aliphatic rings. The first-order valence-corrected chi connectivity index (χ1v) is 9.53. The first-order chi connectivity index (χ1) is 14.7. The van der Waals surface area contributed by atoms with Gasteiger partial charge >= 0.3 is 0 Å². The second-order valence-corrected chi connectivity index (χ2v) is 7.22. The van der Waals surface area contributed by atoms with Gasteiger partial charge < -0.3 is 9.40 Å². The molecule has 0 amide bonds. The summed E-state index contributed by atoms with van der Waals surface area (Å²) in [5.41, 5.74) is 4.48. The molecule has 6 rings (SSSR count). The van der Waals surface area contributed by atoms with Crippen LogP contribution in [0.4, 0.5) is 8.78 Å². The quantitative estimate of drug-likeness (QED) is 0.340. The van der Waals surface area contributed by atoms with Crippen molar-refractivity contribution in [2.75, 3.05) is 0 Å². The molecule has 30 heavy (non-hydrogen) atoms. The van der Waals surface area contributed by atoms with Gasteiger partial charge in [0.15, 0.2) is 0 Å². The molecule has 0 saturated heterocycles. The summed E-state index contributed by atoms with van der Waals surface area (Å²) in [5.74, 6) is -0.423. The molecule has 4 aromatic carbocycles. The van der Waals surface area contributed by atoms with Gasteiger partial charge in [0.25, 0.3) is 0 Å². The number of nitrogens with zero attached hydrogens (tertiary/aromatic N) is 1. The van der Waals surface area contributed by atoms with Gasteiger partial charge in [-0.25, -0.2) is 13.8 Å². The van der Waals surface area contributed by atoms with E-state index in [9.17, 15) is 8.78 Å². The number of rotatable bonds is 2. The van der Waals surface area contributed by atoms with E-state index in [4.69, 9.17) is 4.42 Å². The van der Waals surface area contributed by atoms with E-state index in [2.05, 4.69) is 9.97 Å². The molecule has 0 radical (unpaired) electrons. The summed E-state index contributed by atoms with van der Waals surface area (Å²) in [5, 5.41) is 1.80. The second-order valence-electron chi connectivity index (χ2n) is 7.22. The van der Waals surface area contributed by atoms with Crippen molar-refractivity contribution < 1.29 is 13.2 Å². The van der Waals surface area contributed by atoms with Crippen LogP contribution in [0.25, 0.3) is 55.5 Å². The highest BCUT2D eigenvalue weighted by Crippen LogP contribution is 2.35. The number of furan rings is 1. The fourth-order valence-electron chi connectivity index (χ4n) is 3.94. The lowest BCUT2D eigenvalue weighted by Crippen LogP contribution is -1.89. The Hall–Kier alpha value is -3.99. The van der Waals surface area contributed by atoms with Crippen LogP contribution in [-0.4, -0.2) is 9.97 Å². The molecule has 2 heterocycles. The van der Waals surface area contributed by atoms with Crippen LogP contribution in [0.3, 0.4) is 0 Å². The number of halogens is 2. The number of aromatic nitrogens is 2. The van der Waals surface area contributed by atoms with E-state index >= 15 is 0 Å². The van der Waals surface area contributed by atoms with E-state index in [1.54, 1.807) is 12.1 Å². The van der Waals surface area contributed by atoms with Crippen LogP contribution in [-0.2, 0) is 0 Å². The van der Waals surface area contributed by atoms with E-state index in [0.717, 1.165) is 33.2 Å². The van der Waals surface area contributed by atoms with Crippen molar-refractivity contribution in [3.05, 3.63) is 90.5 Å². The van der Waals surface area contributed by atoms with E-state index in [-0.39, 0.29) is 5.56 Å². The SMILES string of the molecule is Fc1cccc(F)c1-c1ccc2c(c1)oc1ccc(-c3nc4ccccc4[nH]3)cc12. The molecule has 2 aromatic heterocycles. The molecule has 3 nitrogen and oxygen atoms in total. The number of hydrogen-bond donors (Lipinski definition) is 1. The molecule has 0 aliphatic heterocycles. The van der Waals surface area contributed by atoms with Gasteiger partial charge in [0.05, 0.1) is 16.6 Å². The zero-order chi connectivity index (χ0) is 20.2. The van der Waals surface area contributed by atoms with Gasteiger partial charge in [-0.05, 0) is 60.2 Å². The Labute approximate surface area is 169 Å². The fourth-order valence-corrected chi connectivity index (χ4v) is 3.94. The zero-order valence-electron chi connectivity index (χ0n) is 15.6. The molecule has 5 heteroatoms. The van der Waals surface area contributed by atoms with Crippen molar-refractivity contribution in [2.24, 2.45) is 0 Å². The number of nitrogens with one attached hydrogen (secondary N) is 1. The van der Waals surface area contributed by atoms with E-state index in [1.807, 2.05) is 48.5 Å². The van der Waals surface area contributed by atoms with Crippen molar-refractivity contribution >= 4 is 33.0 Å². The van der Waals surface area contributed by atoms with Gasteiger partial charge in [-0.1, -0.05) is 24.3 Å². The minimum Gasteiger partial charge on any atom is -0.456 e. The molecular weight excluding hydrogens is 382 g/mol. The van der Waals surface area contributed by atoms with Crippen LogP contribution in [0, 0.1) is 11.6 Å². The summed E-state index contributed by atoms with van der Waals surface area (Å²) in [4.78, 5) is 7.99. The Bertz CT molecular complexity index is 1530. The maximum atomic E-state index is 14.2. The Morgan fingerprint density at radius 2 is 1.50 bits per heavy atom. The third kappa shape index (κ3) is 2.52. The summed E-state index contributed by atoms with van der Waals surface area (Å²) in [6, 6.07) is 22.8. The molecular formula is C25H14F2N2O. The van der Waals surface area contributed by atoms with Crippen LogP contribution in [0.15, 0.2) is 83.3 Å². The minimum absolute atomic E-state index is 0.0529. The molecule has 0 bridgehead atoms. The average Bonchev–Trinajstić information content (AvgIpc) is 3.34. The molecule has 0 unspecified atom stereocenters. The molecule has 0 aliphatic carbocycles. The standard InChI is InChI=1S/C25H14F2N2O/c26-18-4-3-5-19(27)24(18)14-8-10-16-17-12-15(9-11-22(17)30-23(16)13-14)25-28-20-6-1-2-7-21(20)29-25/h1-13H,(H,28,29). The highest BCUT2D eigenvalue weighted by molar-refractivity contribution is 6.07. The first kappa shape index (κ1) is 16.9. The number of aromatic amines is 1. The lowest BCUT2D eigenvalue weighted by atomic mass is 10.0. The predicted molar refractivity (Wildman–Crippen MR) is 114 cm³/mol. The van der Waals surface area contributed by atoms with E-state index < -0.39 is 11.6 Å². The molecule has 0 saturated carbocycles. The van der Waals surface area contributed by atoms with Crippen LogP contribution in [0.1, 0.15) is 0 Å². The lowest BCUT2D eigenvalue weighted by molar-refractivity contribution is 0.589. The first-order valence-electron chi connectivity index (χ1n) is 9.53. The molecule has 0 atom stereocenters. The topological polar surface area (TPSA) is 41.8 Å². The average molecular weight is 396 g/mol. The molecule has 6 aromatic rings. The smallest absolute Gasteiger partial charge is 0.138 e. The summed E-state index contributed by atoms with van der Waals surface area (Å²) in [6.45, 7) is 0. The third-order valence-electron chi connectivity index (χ3n) is 5.39. The van der Waals surface area contributed by atoms with Crippen molar-refractivity contribution in [3.8, 4) is 22.5 Å². The summed E-state index contributed by atoms with van der Waals surface area (Å²) in [6.07, 6.45) is 0. The maximum Gasteiger partial charge on any atom is 0.138 e. The maximum absolute atomic E-state index is 14.2. The van der Waals surface area contributed by atoms with Gasteiger partial charge in [0, 0.05) is 16.3 Å². The Kier molecular flexibility index (Phi) is 3.53. The lowest BCUT2D eigenvalue weighted by Gasteiger charge is -2.04. The van der Waals surface area contributed by atoms with Crippen molar-refractivity contribution in [1.82, 2.24) is 9.97 Å². The second kappa shape index (κ2) is 6.26. The summed E-state index contributed by atoms with van der Waals surface area (Å²) >= 11 is 0. The fraction of sp³-hybridized carbons (Fsp3) is 0. The van der Waals surface area contributed by atoms with Gasteiger partial charge in [0.1, 0.15) is 28.6 Å². The predicted octanol–water partition coefficient (Wildman–Crippen LogP) is 7.07. The van der Waals surface area contributed by atoms with Crippen molar-refractivity contribution in [1.29, 1.82) is 0 Å². The number of benzene rings is 4. The number of para-hydroxylation sites is 2. The van der Waals surface area contributed by atoms with Gasteiger partial charge in [-0.2, -0.15) is 0 Å². The third-order valence-corrected chi connectivity index (χ3v) is 5.39. The highest BCUT2D eigenvalue weighted by Gasteiger charge is 2.15. The summed E-state index contributed by atoms with van der Waals surface area (Å²) < 4.78 is 34.3. The number of hydrogen-bond acceptors (Lipinski definition) is 2. The normalized spacial score (nSPS) is 11.7. The Morgan fingerprint density at radius 3 is 2.33 bits per heavy atom. The molecule has 1 N–H and O–H groups in total. The van der Waals surface area contributed by atoms with Crippen LogP contribution in [0.5, 0.6) is 0 Å². The summed E-state index contributed by atoms with van der Waals surface area (Å²) in [7, 11) is 0. The Morgan fingerprint density at radius 1 is 0.700 bits per heavy atom. The number of fused-ring (bicyclic) bond motifs is 4. The molecule has 144 valence electrons. The minimum atomic E-state index is -0.599. The number of H-pyrrole nitrogens is 1.